The normalized spacial score (nSPS) is 19.9. The van der Waals surface area contributed by atoms with Crippen LogP contribution in [-0.2, 0) is 10.0 Å². The highest BCUT2D eigenvalue weighted by Gasteiger charge is 2.37. The molecule has 2 heterocycles. The zero-order valence-electron chi connectivity index (χ0n) is 13.1. The van der Waals surface area contributed by atoms with Gasteiger partial charge < -0.3 is 0 Å². The number of hydrogen-bond acceptors (Lipinski definition) is 4. The van der Waals surface area contributed by atoms with Crippen LogP contribution in [0, 0.1) is 19.7 Å². The smallest absolute Gasteiger partial charge is 0.244 e. The van der Waals surface area contributed by atoms with Gasteiger partial charge in [0.05, 0.1) is 10.9 Å². The van der Waals surface area contributed by atoms with Gasteiger partial charge in [-0.1, -0.05) is 12.5 Å². The molecule has 1 N–H and O–H groups in total. The number of halogens is 1. The third-order valence-corrected chi connectivity index (χ3v) is 6.22. The van der Waals surface area contributed by atoms with Gasteiger partial charge >= 0.3 is 0 Å². The molecule has 1 aromatic carbocycles. The van der Waals surface area contributed by atoms with Crippen LogP contribution in [0.1, 0.15) is 42.5 Å². The maximum Gasteiger partial charge on any atom is 0.244 e. The monoisotopic (exact) mass is 338 g/mol. The molecule has 0 bridgehead atoms. The summed E-state index contributed by atoms with van der Waals surface area (Å²) in [6.07, 6.45) is 2.34. The van der Waals surface area contributed by atoms with E-state index in [1.54, 1.807) is 6.92 Å². The Bertz CT molecular complexity index is 819. The summed E-state index contributed by atoms with van der Waals surface area (Å²) in [4.78, 5) is 4.30. The Hall–Kier alpha value is -1.80. The van der Waals surface area contributed by atoms with E-state index in [2.05, 4.69) is 15.2 Å². The van der Waals surface area contributed by atoms with Crippen LogP contribution in [0.5, 0.6) is 0 Å². The summed E-state index contributed by atoms with van der Waals surface area (Å²) in [6, 6.07) is 3.72. The summed E-state index contributed by atoms with van der Waals surface area (Å²) >= 11 is 0. The van der Waals surface area contributed by atoms with E-state index >= 15 is 0 Å². The molecule has 0 radical (unpaired) electrons. The summed E-state index contributed by atoms with van der Waals surface area (Å²) in [6.45, 7) is 3.64. The molecule has 0 aliphatic carbocycles. The van der Waals surface area contributed by atoms with Gasteiger partial charge in [-0.25, -0.2) is 17.8 Å². The fraction of sp³-hybridized carbons (Fsp3) is 0.467. The quantitative estimate of drug-likeness (QED) is 0.932. The number of nitrogens with one attached hydrogen (secondary N) is 1. The maximum absolute atomic E-state index is 13.8. The topological polar surface area (TPSA) is 79.0 Å². The number of aryl methyl sites for hydroxylation is 1. The molecule has 0 amide bonds. The van der Waals surface area contributed by atoms with Crippen LogP contribution < -0.4 is 0 Å². The predicted molar refractivity (Wildman–Crippen MR) is 82.7 cm³/mol. The molecule has 1 aliphatic heterocycles. The van der Waals surface area contributed by atoms with Crippen molar-refractivity contribution < 1.29 is 12.8 Å². The first-order chi connectivity index (χ1) is 10.9. The van der Waals surface area contributed by atoms with Crippen LogP contribution in [-0.4, -0.2) is 34.4 Å². The van der Waals surface area contributed by atoms with E-state index in [0.717, 1.165) is 12.8 Å². The van der Waals surface area contributed by atoms with Crippen LogP contribution in [0.3, 0.4) is 0 Å². The number of nitrogens with zero attached hydrogens (tertiary/aromatic N) is 3. The van der Waals surface area contributed by atoms with E-state index in [9.17, 15) is 12.8 Å². The minimum atomic E-state index is -3.80. The summed E-state index contributed by atoms with van der Waals surface area (Å²) in [5, 5.41) is 6.88. The van der Waals surface area contributed by atoms with Crippen LogP contribution in [0.2, 0.25) is 0 Å². The van der Waals surface area contributed by atoms with Gasteiger partial charge in [0.2, 0.25) is 10.0 Å². The second-order valence-corrected chi connectivity index (χ2v) is 7.63. The number of H-pyrrole nitrogens is 1. The average molecular weight is 338 g/mol. The van der Waals surface area contributed by atoms with Crippen molar-refractivity contribution in [1.29, 1.82) is 0 Å². The minimum Gasteiger partial charge on any atom is -0.263 e. The first kappa shape index (κ1) is 16.1. The molecular weight excluding hydrogens is 319 g/mol. The van der Waals surface area contributed by atoms with Gasteiger partial charge in [0.25, 0.3) is 0 Å². The average Bonchev–Trinajstić information content (AvgIpc) is 2.96. The van der Waals surface area contributed by atoms with Crippen LogP contribution >= 0.6 is 0 Å². The fourth-order valence-electron chi connectivity index (χ4n) is 2.95. The number of aromatic amines is 1. The molecule has 8 heteroatoms. The molecule has 0 saturated carbocycles. The van der Waals surface area contributed by atoms with Crippen molar-refractivity contribution >= 4 is 10.0 Å². The van der Waals surface area contributed by atoms with Crippen molar-refractivity contribution in [3.63, 3.8) is 0 Å². The van der Waals surface area contributed by atoms with E-state index in [1.165, 1.54) is 29.4 Å². The Labute approximate surface area is 134 Å². The van der Waals surface area contributed by atoms with Crippen LogP contribution in [0.15, 0.2) is 23.1 Å². The molecule has 1 saturated heterocycles. The lowest BCUT2D eigenvalue weighted by molar-refractivity contribution is 0.246. The molecule has 6 nitrogen and oxygen atoms in total. The maximum atomic E-state index is 13.8. The van der Waals surface area contributed by atoms with Crippen molar-refractivity contribution in [2.45, 2.75) is 44.0 Å². The Morgan fingerprint density at radius 3 is 2.78 bits per heavy atom. The number of sulfonamides is 1. The van der Waals surface area contributed by atoms with Crippen molar-refractivity contribution in [3.8, 4) is 0 Å². The van der Waals surface area contributed by atoms with Gasteiger partial charge in [-0.15, -0.1) is 0 Å². The molecule has 1 aliphatic rings. The first-order valence-electron chi connectivity index (χ1n) is 7.57. The van der Waals surface area contributed by atoms with Crippen molar-refractivity contribution in [2.24, 2.45) is 0 Å². The number of piperidine rings is 1. The van der Waals surface area contributed by atoms with E-state index in [4.69, 9.17) is 0 Å². The van der Waals surface area contributed by atoms with Gasteiger partial charge in [-0.3, -0.25) is 5.10 Å². The molecule has 0 spiro atoms. The third-order valence-electron chi connectivity index (χ3n) is 4.17. The molecule has 0 unspecified atom stereocenters. The van der Waals surface area contributed by atoms with E-state index in [0.29, 0.717) is 24.6 Å². The predicted octanol–water partition coefficient (Wildman–Crippen LogP) is 2.48. The number of hydrogen-bond donors (Lipinski definition) is 1. The van der Waals surface area contributed by atoms with Crippen molar-refractivity contribution in [1.82, 2.24) is 19.5 Å². The molecular formula is C15H19FN4O2S. The van der Waals surface area contributed by atoms with Crippen molar-refractivity contribution in [3.05, 3.63) is 41.2 Å². The standard InChI is InChI=1S/C15H19FN4O2S/c1-10-12(16)6-5-8-14(10)23(21,22)20-9-4-3-7-13(20)15-17-11(2)18-19-15/h5-6,8,13H,3-4,7,9H2,1-2H3,(H,17,18,19)/t13-/m1/s1. The lowest BCUT2D eigenvalue weighted by Gasteiger charge is -2.33. The van der Waals surface area contributed by atoms with E-state index in [1.807, 2.05) is 0 Å². The molecule has 124 valence electrons. The molecule has 1 atom stereocenters. The Morgan fingerprint density at radius 1 is 1.30 bits per heavy atom. The van der Waals surface area contributed by atoms with Gasteiger partial charge in [0.15, 0.2) is 5.82 Å². The third kappa shape index (κ3) is 2.88. The number of benzene rings is 1. The van der Waals surface area contributed by atoms with E-state index in [-0.39, 0.29) is 10.5 Å². The van der Waals surface area contributed by atoms with Crippen molar-refractivity contribution in [2.75, 3.05) is 6.54 Å². The zero-order chi connectivity index (χ0) is 16.6. The Kier molecular flexibility index (Phi) is 4.20. The lowest BCUT2D eigenvalue weighted by atomic mass is 10.0. The second kappa shape index (κ2) is 6.01. The largest absolute Gasteiger partial charge is 0.263 e. The molecule has 2 aromatic rings. The highest BCUT2D eigenvalue weighted by Crippen LogP contribution is 2.35. The highest BCUT2D eigenvalue weighted by molar-refractivity contribution is 7.89. The molecule has 23 heavy (non-hydrogen) atoms. The Balaban J connectivity index is 2.04. The summed E-state index contributed by atoms with van der Waals surface area (Å²) in [7, 11) is -3.80. The minimum absolute atomic E-state index is 0.0108. The SMILES string of the molecule is Cc1nc([C@H]2CCCCN2S(=O)(=O)c2cccc(F)c2C)n[nH]1. The summed E-state index contributed by atoms with van der Waals surface area (Å²) in [5.41, 5.74) is 0.142. The molecule has 1 fully saturated rings. The highest BCUT2D eigenvalue weighted by atomic mass is 32.2. The van der Waals surface area contributed by atoms with Gasteiger partial charge in [-0.2, -0.15) is 9.40 Å². The lowest BCUT2D eigenvalue weighted by Crippen LogP contribution is -2.39. The second-order valence-electron chi connectivity index (χ2n) is 5.77. The number of aromatic nitrogens is 3. The van der Waals surface area contributed by atoms with E-state index < -0.39 is 21.9 Å². The Morgan fingerprint density at radius 2 is 2.09 bits per heavy atom. The van der Waals surface area contributed by atoms with Gasteiger partial charge in [0, 0.05) is 12.1 Å². The fourth-order valence-corrected chi connectivity index (χ4v) is 4.85. The van der Waals surface area contributed by atoms with Gasteiger partial charge in [-0.05, 0) is 38.8 Å². The summed E-state index contributed by atoms with van der Waals surface area (Å²) in [5.74, 6) is 0.595. The first-order valence-corrected chi connectivity index (χ1v) is 9.01. The molecule has 1 aromatic heterocycles. The molecule has 3 rings (SSSR count). The zero-order valence-corrected chi connectivity index (χ0v) is 13.9. The van der Waals surface area contributed by atoms with Crippen LogP contribution in [0.4, 0.5) is 4.39 Å². The summed E-state index contributed by atoms with van der Waals surface area (Å²) < 4.78 is 41.3. The van der Waals surface area contributed by atoms with Crippen LogP contribution in [0.25, 0.3) is 0 Å². The number of rotatable bonds is 3. The van der Waals surface area contributed by atoms with Gasteiger partial charge in [0.1, 0.15) is 11.6 Å².